The fourth-order valence-corrected chi connectivity index (χ4v) is 18.9. The van der Waals surface area contributed by atoms with Crippen molar-refractivity contribution in [2.45, 2.75) is 348 Å². The van der Waals surface area contributed by atoms with Gasteiger partial charge in [0.15, 0.2) is 50.1 Å². The molecule has 0 aromatic rings. The summed E-state index contributed by atoms with van der Waals surface area (Å²) < 4.78 is 118. The predicted octanol–water partition coefficient (Wildman–Crippen LogP) is 0.552. The van der Waals surface area contributed by atoms with E-state index < -0.39 is 227 Å². The third-order valence-electron chi connectivity index (χ3n) is 25.2. The third-order valence-corrected chi connectivity index (χ3v) is 25.2. The Hall–Kier alpha value is -2.21. The molecule has 7 heterocycles. The van der Waals surface area contributed by atoms with Crippen LogP contribution < -0.4 is 0 Å². The van der Waals surface area contributed by atoms with Gasteiger partial charge in [-0.05, 0) is 123 Å². The van der Waals surface area contributed by atoms with Crippen molar-refractivity contribution in [3.05, 3.63) is 23.3 Å². The number of fused-ring (bicyclic) bond motifs is 5. The van der Waals surface area contributed by atoms with E-state index in [1.54, 1.807) is 48.4 Å². The van der Waals surface area contributed by atoms with E-state index in [0.29, 0.717) is 56.9 Å². The van der Waals surface area contributed by atoms with Gasteiger partial charge in [0.1, 0.15) is 97.7 Å². The van der Waals surface area contributed by atoms with Gasteiger partial charge in [0, 0.05) is 65.1 Å². The molecule has 0 bridgehead atoms. The lowest BCUT2D eigenvalue weighted by Crippen LogP contribution is -2.63. The van der Waals surface area contributed by atoms with Crippen LogP contribution in [0.15, 0.2) is 23.3 Å². The molecule has 7 saturated heterocycles. The average molecular weight is 1480 g/mol. The van der Waals surface area contributed by atoms with E-state index in [-0.39, 0.29) is 35.4 Å². The number of methoxy groups -OCH3 is 4. The van der Waals surface area contributed by atoms with E-state index in [1.807, 2.05) is 34.6 Å². The van der Waals surface area contributed by atoms with Gasteiger partial charge in [-0.3, -0.25) is 0 Å². The maximum atomic E-state index is 13.2. The average Bonchev–Trinajstić information content (AvgIpc) is 1.65. The van der Waals surface area contributed by atoms with E-state index in [4.69, 9.17) is 90.0 Å². The van der Waals surface area contributed by atoms with Crippen molar-refractivity contribution in [3.8, 4) is 0 Å². The summed E-state index contributed by atoms with van der Waals surface area (Å²) in [6, 6.07) is 0. The predicted molar refractivity (Wildman–Crippen MR) is 354 cm³/mol. The Bertz CT molecular complexity index is 2810. The van der Waals surface area contributed by atoms with Gasteiger partial charge in [-0.1, -0.05) is 31.6 Å². The number of carbonyl (C=O) groups excluding carboxylic acids is 1. The summed E-state index contributed by atoms with van der Waals surface area (Å²) in [4.78, 5) is 12.7. The number of aliphatic hydroxyl groups excluding tert-OH is 10. The van der Waals surface area contributed by atoms with Crippen LogP contribution in [0.25, 0.3) is 0 Å². The zero-order valence-corrected chi connectivity index (χ0v) is 61.6. The smallest absolute Gasteiger partial charge is 0.333 e. The summed E-state index contributed by atoms with van der Waals surface area (Å²) in [6.07, 6.45) is -22.5. The van der Waals surface area contributed by atoms with Crippen LogP contribution in [0.2, 0.25) is 0 Å². The van der Waals surface area contributed by atoms with E-state index in [9.17, 15) is 61.0 Å². The summed E-state index contributed by atoms with van der Waals surface area (Å²) in [5.74, 6) is -0.493. The van der Waals surface area contributed by atoms with Gasteiger partial charge in [-0.15, -0.1) is 0 Å². The Morgan fingerprint density at radius 3 is 1.44 bits per heavy atom. The van der Waals surface area contributed by atoms with E-state index >= 15 is 0 Å². The van der Waals surface area contributed by atoms with Gasteiger partial charge in [-0.2, -0.15) is 0 Å². The topological polar surface area (TPSA) is 415 Å². The lowest BCUT2D eigenvalue weighted by Gasteiger charge is -2.61. The van der Waals surface area contributed by atoms with Crippen molar-refractivity contribution in [2.24, 2.45) is 28.6 Å². The highest BCUT2D eigenvalue weighted by Crippen LogP contribution is 2.69. The van der Waals surface area contributed by atoms with Crippen molar-refractivity contribution in [2.75, 3.05) is 48.3 Å². The molecule has 592 valence electrons. The molecular formula is C72H118O31. The molecule has 10 fully saturated rings. The zero-order chi connectivity index (χ0) is 74.5. The van der Waals surface area contributed by atoms with Crippen molar-refractivity contribution in [1.82, 2.24) is 0 Å². The highest BCUT2D eigenvalue weighted by molar-refractivity contribution is 5.87. The van der Waals surface area contributed by atoms with Crippen LogP contribution in [0.5, 0.6) is 0 Å². The summed E-state index contributed by atoms with van der Waals surface area (Å²) in [5, 5.41) is 120. The van der Waals surface area contributed by atoms with E-state index in [2.05, 4.69) is 19.9 Å². The van der Waals surface area contributed by atoms with Crippen molar-refractivity contribution < 1.29 is 151 Å². The molecule has 4 aliphatic carbocycles. The number of hydrogen-bond donors (Lipinski definition) is 11. The molecular weight excluding hydrogens is 1360 g/mol. The van der Waals surface area contributed by atoms with Crippen molar-refractivity contribution >= 4 is 5.97 Å². The number of ether oxygens (including phenoxy) is 19. The van der Waals surface area contributed by atoms with Crippen LogP contribution in [-0.2, 0) is 94.8 Å². The molecule has 0 spiro atoms. The monoisotopic (exact) mass is 1480 g/mol. The van der Waals surface area contributed by atoms with Crippen molar-refractivity contribution in [3.63, 3.8) is 0 Å². The molecule has 11 N–H and O–H groups in total. The highest BCUT2D eigenvalue weighted by atomic mass is 16.8. The molecule has 11 rings (SSSR count). The summed E-state index contributed by atoms with van der Waals surface area (Å²) in [5.41, 5.74) is -0.0427. The molecule has 0 radical (unpaired) electrons. The van der Waals surface area contributed by atoms with Crippen LogP contribution in [0.1, 0.15) is 139 Å². The lowest BCUT2D eigenvalue weighted by atomic mass is 9.45. The molecule has 31 heteroatoms. The van der Waals surface area contributed by atoms with Gasteiger partial charge >= 0.3 is 5.97 Å². The molecule has 0 unspecified atom stereocenters. The fourth-order valence-electron chi connectivity index (χ4n) is 18.9. The molecule has 31 nitrogen and oxygen atoms in total. The number of esters is 1. The van der Waals surface area contributed by atoms with Crippen LogP contribution >= 0.6 is 0 Å². The minimum atomic E-state index is -1.85. The largest absolute Gasteiger partial charge is 0.453 e. The Morgan fingerprint density at radius 1 is 0.544 bits per heavy atom. The van der Waals surface area contributed by atoms with Gasteiger partial charge in [0.2, 0.25) is 0 Å². The number of rotatable bonds is 24. The molecule has 0 aromatic heterocycles. The molecule has 103 heavy (non-hydrogen) atoms. The first kappa shape index (κ1) is 81.8. The lowest BCUT2D eigenvalue weighted by molar-refractivity contribution is -0.347. The van der Waals surface area contributed by atoms with E-state index in [0.717, 1.165) is 25.7 Å². The highest BCUT2D eigenvalue weighted by Gasteiger charge is 2.68. The second kappa shape index (κ2) is 34.2. The van der Waals surface area contributed by atoms with Crippen molar-refractivity contribution in [1.29, 1.82) is 0 Å². The molecule has 39 atom stereocenters. The van der Waals surface area contributed by atoms with Gasteiger partial charge in [-0.25, -0.2) is 4.79 Å². The summed E-state index contributed by atoms with van der Waals surface area (Å²) in [7, 11) is 6.51. The minimum Gasteiger partial charge on any atom is -0.453 e. The first-order valence-corrected chi connectivity index (χ1v) is 37.1. The second-order valence-electron chi connectivity index (χ2n) is 31.1. The maximum Gasteiger partial charge on any atom is 0.333 e. The van der Waals surface area contributed by atoms with Crippen LogP contribution in [-0.4, -0.2) is 319 Å². The Balaban J connectivity index is 0.639. The minimum absolute atomic E-state index is 0.0495. The second-order valence-corrected chi connectivity index (χ2v) is 31.1. The van der Waals surface area contributed by atoms with E-state index in [1.165, 1.54) is 5.57 Å². The van der Waals surface area contributed by atoms with Crippen LogP contribution in [0.3, 0.4) is 0 Å². The third kappa shape index (κ3) is 16.6. The number of allylic oxidation sites excluding steroid dienone is 2. The first-order valence-electron chi connectivity index (χ1n) is 37.1. The first-order chi connectivity index (χ1) is 48.9. The standard InChI is InChI=1S/C72H118O31/c1-14-31(2)66(83)103-65-36(7)94-52(27-45(65)88-13)102-64-35(6)93-51(26-44(64)87-12)101-63-34(5)92-50(25-43(63)86-11)100-62-33(4)91-49(24-42(62)85-10)96-38-17-20-70(8)37(23-38)15-16-41-40(70)18-21-71(9)39(19-22-72(41,71)84)32(3)95-69-61(82)58(79)55(76)48(99-69)30-90-68-60(81)57(78)54(75)47(98-68)29-89-67-59(80)56(77)53(74)46(28-73)97-67/h14-15,32-36,38-65,67-69,73-82,84H,16-30H2,1-13H3/b31-14+/t32-,33+,34+,35+,36+,38-,39+,40-,41+,42-,43-,44-,45-,46+,47+,48+,49-,50-,51-,52-,53-,54-,55-,56-,57-,58-,59+,60+,61+,62+,63+,64+,65+,67+,68+,69+,70-,71+,72-/m0/s1. The number of carbonyl (C=O) groups is 1. The molecule has 7 aliphatic heterocycles. The van der Waals surface area contributed by atoms with Crippen LogP contribution in [0.4, 0.5) is 0 Å². The normalized spacial score (nSPS) is 50.9. The molecule has 3 saturated carbocycles. The summed E-state index contributed by atoms with van der Waals surface area (Å²) in [6.45, 7) is 15.5. The Morgan fingerprint density at radius 2 is 0.971 bits per heavy atom. The van der Waals surface area contributed by atoms with Crippen LogP contribution in [0, 0.1) is 28.6 Å². The molecule has 0 aromatic carbocycles. The van der Waals surface area contributed by atoms with Gasteiger partial charge < -0.3 is 146 Å². The zero-order valence-electron chi connectivity index (χ0n) is 61.6. The quantitative estimate of drug-likeness (QED) is 0.0357. The SMILES string of the molecule is C/C=C(\C)C(=O)O[C@H]1[C@@H](OC)C[C@H](O[C@H]2[C@@H](OC)C[C@H](O[C@H]3[C@@H](OC)C[C@H](O[C@H]4[C@@H](OC)C[C@H](O[C@H]5CC[C@@]6(C)C(=CC[C@@H]7[C@@H]6CC[C@]6(C)[C@@H]([C@H](C)O[C@@H]8O[C@H](CO[C@@H]9O[C@H](CO[C@@H]%10O[C@H](CO)[C@H](O)[C@H](O)[C@H]%10O)[C@H](O)[C@H](O)[C@H]9O)[C@H](O)[C@H](O)[C@H]8O)CC[C@]76O)C5)O[C@@H]4C)O[C@@H]3C)O[C@@H]2C)O[C@@H]1C. The number of aliphatic hydroxyl groups is 11. The maximum absolute atomic E-state index is 13.2. The Labute approximate surface area is 602 Å². The number of hydrogen-bond acceptors (Lipinski definition) is 31. The Kier molecular flexibility index (Phi) is 27.1. The van der Waals surface area contributed by atoms with Gasteiger partial charge in [0.25, 0.3) is 0 Å². The summed E-state index contributed by atoms with van der Waals surface area (Å²) >= 11 is 0. The molecule has 11 aliphatic rings. The van der Waals surface area contributed by atoms with Gasteiger partial charge in [0.05, 0.1) is 80.4 Å². The fraction of sp³-hybridized carbons (Fsp3) is 0.931. The molecule has 0 amide bonds.